The zero-order valence-corrected chi connectivity index (χ0v) is 8.62. The highest BCUT2D eigenvalue weighted by Crippen LogP contribution is 2.18. The minimum Gasteiger partial charge on any atom is -0.503 e. The lowest BCUT2D eigenvalue weighted by Crippen LogP contribution is -2.21. The minimum atomic E-state index is -0.492. The summed E-state index contributed by atoms with van der Waals surface area (Å²) in [6.45, 7) is 0. The summed E-state index contributed by atoms with van der Waals surface area (Å²) < 4.78 is 5.98. The smallest absolute Gasteiger partial charge is 0.317 e. The normalized spacial score (nSPS) is 10.1. The second-order valence-corrected chi connectivity index (χ2v) is 3.12. The lowest BCUT2D eigenvalue weighted by atomic mass is 10.3. The topological polar surface area (TPSA) is 64.3 Å². The van der Waals surface area contributed by atoms with Gasteiger partial charge in [-0.05, 0) is 12.1 Å². The number of methoxy groups -OCH3 is 1. The molecule has 0 unspecified atom stereocenters. The van der Waals surface area contributed by atoms with E-state index in [4.69, 9.17) is 4.74 Å². The van der Waals surface area contributed by atoms with Crippen LogP contribution in [0.1, 0.15) is 0 Å². The summed E-state index contributed by atoms with van der Waals surface area (Å²) in [5.41, 5.74) is 0.125. The fraction of sp³-hybridized carbons (Fsp3) is 0.0909. The number of benzene rings is 1. The molecule has 0 aliphatic rings. The van der Waals surface area contributed by atoms with Gasteiger partial charge in [-0.25, -0.2) is 0 Å². The highest BCUT2D eigenvalue weighted by Gasteiger charge is 2.11. The quantitative estimate of drug-likeness (QED) is 0.815. The summed E-state index contributed by atoms with van der Waals surface area (Å²) in [5, 5.41) is 13.2. The fourth-order valence-electron chi connectivity index (χ4n) is 1.37. The lowest BCUT2D eigenvalue weighted by Gasteiger charge is -2.06. The van der Waals surface area contributed by atoms with Crippen LogP contribution >= 0.6 is 0 Å². The Morgan fingerprint density at radius 2 is 2.00 bits per heavy atom. The van der Waals surface area contributed by atoms with Gasteiger partial charge in [0.1, 0.15) is 0 Å². The number of hydrogen-bond acceptors (Lipinski definition) is 4. The Bertz CT molecular complexity index is 549. The summed E-state index contributed by atoms with van der Waals surface area (Å²) in [6.07, 6.45) is 1.17. The van der Waals surface area contributed by atoms with E-state index in [1.165, 1.54) is 18.0 Å². The molecule has 16 heavy (non-hydrogen) atoms. The molecular weight excluding hydrogens is 208 g/mol. The van der Waals surface area contributed by atoms with E-state index in [9.17, 15) is 9.90 Å². The van der Waals surface area contributed by atoms with Crippen molar-refractivity contribution in [2.24, 2.45) is 0 Å². The first kappa shape index (κ1) is 10.2. The first-order chi connectivity index (χ1) is 7.74. The van der Waals surface area contributed by atoms with Gasteiger partial charge in [-0.2, -0.15) is 9.78 Å². The Balaban J connectivity index is 2.64. The maximum absolute atomic E-state index is 11.8. The van der Waals surface area contributed by atoms with Gasteiger partial charge in [0.15, 0.2) is 5.75 Å². The molecule has 0 aliphatic carbocycles. The number of ether oxygens (including phenoxy) is 1. The molecule has 0 fully saturated rings. The van der Waals surface area contributed by atoms with Gasteiger partial charge < -0.3 is 9.84 Å². The van der Waals surface area contributed by atoms with Gasteiger partial charge in [0.05, 0.1) is 19.0 Å². The van der Waals surface area contributed by atoms with Crippen LogP contribution < -0.4 is 10.3 Å². The van der Waals surface area contributed by atoms with Crippen LogP contribution in [0.25, 0.3) is 5.69 Å². The molecule has 2 rings (SSSR count). The second-order valence-electron chi connectivity index (χ2n) is 3.12. The molecule has 82 valence electrons. The fourth-order valence-corrected chi connectivity index (χ4v) is 1.37. The van der Waals surface area contributed by atoms with Crippen LogP contribution in [-0.2, 0) is 0 Å². The van der Waals surface area contributed by atoms with Crippen molar-refractivity contribution in [1.29, 1.82) is 0 Å². The molecule has 0 bridgehead atoms. The zero-order chi connectivity index (χ0) is 11.5. The lowest BCUT2D eigenvalue weighted by molar-refractivity contribution is 0.361. The van der Waals surface area contributed by atoms with Crippen molar-refractivity contribution in [2.75, 3.05) is 7.11 Å². The summed E-state index contributed by atoms with van der Waals surface area (Å²) in [7, 11) is 1.33. The predicted octanol–water partition coefficient (Wildman–Crippen LogP) is 0.947. The molecule has 5 nitrogen and oxygen atoms in total. The number of rotatable bonds is 2. The maximum atomic E-state index is 11.8. The number of hydrogen-bond donors (Lipinski definition) is 1. The van der Waals surface area contributed by atoms with Crippen molar-refractivity contribution in [2.45, 2.75) is 0 Å². The van der Waals surface area contributed by atoms with E-state index >= 15 is 0 Å². The third-order valence-electron chi connectivity index (χ3n) is 2.12. The summed E-state index contributed by atoms with van der Waals surface area (Å²) >= 11 is 0. The Hall–Kier alpha value is -2.30. The monoisotopic (exact) mass is 218 g/mol. The van der Waals surface area contributed by atoms with E-state index in [1.807, 2.05) is 6.07 Å². The molecule has 0 saturated heterocycles. The Labute approximate surface area is 91.5 Å². The Kier molecular flexibility index (Phi) is 2.59. The van der Waals surface area contributed by atoms with Gasteiger partial charge in [0, 0.05) is 0 Å². The van der Waals surface area contributed by atoms with Crippen molar-refractivity contribution in [3.63, 3.8) is 0 Å². The Morgan fingerprint density at radius 3 is 2.62 bits per heavy atom. The highest BCUT2D eigenvalue weighted by atomic mass is 16.5. The second kappa shape index (κ2) is 4.06. The molecule has 0 radical (unpaired) electrons. The van der Waals surface area contributed by atoms with Crippen molar-refractivity contribution >= 4 is 0 Å². The van der Waals surface area contributed by atoms with Crippen LogP contribution in [0, 0.1) is 0 Å². The van der Waals surface area contributed by atoms with Crippen molar-refractivity contribution in [3.05, 3.63) is 46.9 Å². The number of nitrogens with zero attached hydrogens (tertiary/aromatic N) is 2. The zero-order valence-electron chi connectivity index (χ0n) is 8.62. The average molecular weight is 218 g/mol. The predicted molar refractivity (Wildman–Crippen MR) is 58.1 cm³/mol. The first-order valence-corrected chi connectivity index (χ1v) is 4.64. The SMILES string of the molecule is COc1c(O)cnn(-c2ccccc2)c1=O. The van der Waals surface area contributed by atoms with Crippen molar-refractivity contribution in [3.8, 4) is 17.2 Å². The molecule has 0 saturated carbocycles. The summed E-state index contributed by atoms with van der Waals surface area (Å²) in [4.78, 5) is 11.8. The van der Waals surface area contributed by atoms with Gasteiger partial charge >= 0.3 is 5.56 Å². The third-order valence-corrected chi connectivity index (χ3v) is 2.12. The van der Waals surface area contributed by atoms with Gasteiger partial charge in [0.2, 0.25) is 5.75 Å². The van der Waals surface area contributed by atoms with E-state index in [-0.39, 0.29) is 11.5 Å². The standard InChI is InChI=1S/C11H10N2O3/c1-16-10-9(14)7-12-13(11(10)15)8-5-3-2-4-6-8/h2-7,14H,1H3. The molecule has 1 aromatic carbocycles. The van der Waals surface area contributed by atoms with Gasteiger partial charge in [-0.3, -0.25) is 4.79 Å². The number of aromatic nitrogens is 2. The molecule has 0 atom stereocenters. The van der Waals surface area contributed by atoms with Gasteiger partial charge in [-0.15, -0.1) is 0 Å². The van der Waals surface area contributed by atoms with Crippen LogP contribution in [0.5, 0.6) is 11.5 Å². The van der Waals surface area contributed by atoms with E-state index in [0.29, 0.717) is 5.69 Å². The van der Waals surface area contributed by atoms with Crippen LogP contribution in [0.4, 0.5) is 0 Å². The van der Waals surface area contributed by atoms with Crippen LogP contribution in [-0.4, -0.2) is 22.0 Å². The maximum Gasteiger partial charge on any atom is 0.317 e. The average Bonchev–Trinajstić information content (AvgIpc) is 2.31. The van der Waals surface area contributed by atoms with Crippen LogP contribution in [0.3, 0.4) is 0 Å². The largest absolute Gasteiger partial charge is 0.503 e. The van der Waals surface area contributed by atoms with Gasteiger partial charge in [-0.1, -0.05) is 18.2 Å². The van der Waals surface area contributed by atoms with Crippen molar-refractivity contribution < 1.29 is 9.84 Å². The molecule has 0 spiro atoms. The van der Waals surface area contributed by atoms with Gasteiger partial charge in [0.25, 0.3) is 0 Å². The van der Waals surface area contributed by atoms with Crippen LogP contribution in [0.2, 0.25) is 0 Å². The summed E-state index contributed by atoms with van der Waals surface area (Å²) in [6, 6.07) is 8.91. The Morgan fingerprint density at radius 1 is 1.31 bits per heavy atom. The van der Waals surface area contributed by atoms with E-state index in [0.717, 1.165) is 0 Å². The van der Waals surface area contributed by atoms with E-state index in [2.05, 4.69) is 5.10 Å². The molecular formula is C11H10N2O3. The number of para-hydroxylation sites is 1. The highest BCUT2D eigenvalue weighted by molar-refractivity contribution is 5.37. The molecule has 5 heteroatoms. The molecule has 0 amide bonds. The molecule has 1 heterocycles. The third kappa shape index (κ3) is 1.63. The minimum absolute atomic E-state index is 0.112. The molecule has 1 N–H and O–H groups in total. The van der Waals surface area contributed by atoms with E-state index in [1.54, 1.807) is 24.3 Å². The van der Waals surface area contributed by atoms with E-state index < -0.39 is 5.56 Å². The molecule has 1 aromatic heterocycles. The van der Waals surface area contributed by atoms with Crippen LogP contribution in [0.15, 0.2) is 41.3 Å². The summed E-state index contributed by atoms with van der Waals surface area (Å²) in [5.74, 6) is -0.376. The first-order valence-electron chi connectivity index (χ1n) is 4.64. The van der Waals surface area contributed by atoms with Crippen molar-refractivity contribution in [1.82, 2.24) is 9.78 Å². The molecule has 2 aromatic rings. The number of aromatic hydroxyl groups is 1. The molecule has 0 aliphatic heterocycles.